The maximum atomic E-state index is 12.2. The van der Waals surface area contributed by atoms with E-state index in [1.54, 1.807) is 24.3 Å². The Bertz CT molecular complexity index is 1280. The number of carbonyl (C=O) groups is 1. The Balaban J connectivity index is 1.36. The number of para-hydroxylation sites is 1. The topological polar surface area (TPSA) is 79.7 Å². The molecule has 0 fully saturated rings. The van der Waals surface area contributed by atoms with E-state index in [1.165, 1.54) is 0 Å². The first-order valence-electron chi connectivity index (χ1n) is 10.7. The van der Waals surface area contributed by atoms with E-state index in [0.717, 1.165) is 34.1 Å². The molecule has 0 aliphatic heterocycles. The average molecular weight is 425 g/mol. The lowest BCUT2D eigenvalue weighted by atomic mass is 9.78. The van der Waals surface area contributed by atoms with Crippen molar-refractivity contribution in [1.82, 2.24) is 4.98 Å². The van der Waals surface area contributed by atoms with E-state index in [4.69, 9.17) is 4.74 Å². The second kappa shape index (κ2) is 8.09. The molecular formula is C27H23NO4. The van der Waals surface area contributed by atoms with Crippen LogP contribution in [0.5, 0.6) is 5.75 Å². The summed E-state index contributed by atoms with van der Waals surface area (Å²) in [4.78, 5) is 16.8. The molecule has 32 heavy (non-hydrogen) atoms. The van der Waals surface area contributed by atoms with Gasteiger partial charge in [-0.25, -0.2) is 9.78 Å². The van der Waals surface area contributed by atoms with Crippen LogP contribution in [0.1, 0.15) is 34.7 Å². The molecule has 2 unspecified atom stereocenters. The van der Waals surface area contributed by atoms with Crippen LogP contribution in [0.3, 0.4) is 0 Å². The van der Waals surface area contributed by atoms with Crippen molar-refractivity contribution in [3.63, 3.8) is 0 Å². The lowest BCUT2D eigenvalue weighted by molar-refractivity contribution is -0.162. The first kappa shape index (κ1) is 20.2. The summed E-state index contributed by atoms with van der Waals surface area (Å²) in [5.74, 6) is -1.15. The van der Waals surface area contributed by atoms with Crippen LogP contribution in [0.25, 0.3) is 10.9 Å². The minimum absolute atomic E-state index is 0.295. The molecule has 160 valence electrons. The SMILES string of the molecule is O=C(O)C(O)(c1ccc(OCc2ccc3ccccc3n2)cc1)C1CCc2ccccc21. The fourth-order valence-electron chi connectivity index (χ4n) is 4.62. The zero-order valence-electron chi connectivity index (χ0n) is 17.4. The molecule has 1 heterocycles. The number of benzene rings is 3. The number of aliphatic carboxylic acids is 1. The fourth-order valence-corrected chi connectivity index (χ4v) is 4.62. The number of hydrogen-bond donors (Lipinski definition) is 2. The van der Waals surface area contributed by atoms with Gasteiger partial charge in [-0.2, -0.15) is 0 Å². The smallest absolute Gasteiger partial charge is 0.341 e. The number of aryl methyl sites for hydroxylation is 1. The van der Waals surface area contributed by atoms with Gasteiger partial charge in [0, 0.05) is 11.3 Å². The van der Waals surface area contributed by atoms with Crippen LogP contribution in [0.15, 0.2) is 84.9 Å². The van der Waals surface area contributed by atoms with Crippen molar-refractivity contribution in [3.8, 4) is 5.75 Å². The maximum Gasteiger partial charge on any atom is 0.341 e. The number of rotatable bonds is 6. The first-order chi connectivity index (χ1) is 15.6. The van der Waals surface area contributed by atoms with E-state index in [9.17, 15) is 15.0 Å². The molecule has 3 aromatic carbocycles. The summed E-state index contributed by atoms with van der Waals surface area (Å²) in [5.41, 5.74) is 2.07. The summed E-state index contributed by atoms with van der Waals surface area (Å²) >= 11 is 0. The Kier molecular flexibility index (Phi) is 5.11. The van der Waals surface area contributed by atoms with Crippen molar-refractivity contribution in [2.45, 2.75) is 31.0 Å². The summed E-state index contributed by atoms with van der Waals surface area (Å²) in [6.07, 6.45) is 1.35. The third kappa shape index (κ3) is 3.51. The standard InChI is InChI=1S/C27H23NO4/c29-26(30)27(31,24-16-10-18-5-1-3-7-23(18)24)20-11-14-22(15-12-20)32-17-21-13-9-19-6-2-4-8-25(19)28-21/h1-9,11-15,24,31H,10,16-17H2,(H,29,30). The van der Waals surface area contributed by atoms with Gasteiger partial charge in [0.05, 0.1) is 11.2 Å². The number of hydrogen-bond acceptors (Lipinski definition) is 4. The lowest BCUT2D eigenvalue weighted by Crippen LogP contribution is -2.41. The molecular weight excluding hydrogens is 402 g/mol. The summed E-state index contributed by atoms with van der Waals surface area (Å²) < 4.78 is 5.86. The molecule has 0 radical (unpaired) electrons. The number of ether oxygens (including phenoxy) is 1. The van der Waals surface area contributed by atoms with E-state index >= 15 is 0 Å². The molecule has 0 saturated carbocycles. The van der Waals surface area contributed by atoms with Gasteiger partial charge in [0.1, 0.15) is 12.4 Å². The van der Waals surface area contributed by atoms with Crippen molar-refractivity contribution in [1.29, 1.82) is 0 Å². The molecule has 5 rings (SSSR count). The van der Waals surface area contributed by atoms with Crippen molar-refractivity contribution >= 4 is 16.9 Å². The molecule has 5 heteroatoms. The molecule has 5 nitrogen and oxygen atoms in total. The third-order valence-corrected chi connectivity index (χ3v) is 6.30. The number of aliphatic hydroxyl groups is 1. The highest BCUT2D eigenvalue weighted by Crippen LogP contribution is 2.46. The highest BCUT2D eigenvalue weighted by Gasteiger charge is 2.48. The van der Waals surface area contributed by atoms with E-state index in [-0.39, 0.29) is 0 Å². The van der Waals surface area contributed by atoms with Gasteiger partial charge >= 0.3 is 5.97 Å². The predicted octanol–water partition coefficient (Wildman–Crippen LogP) is 4.82. The minimum atomic E-state index is -2.00. The zero-order chi connectivity index (χ0) is 22.1. The zero-order valence-corrected chi connectivity index (χ0v) is 17.4. The minimum Gasteiger partial charge on any atom is -0.487 e. The van der Waals surface area contributed by atoms with Crippen molar-refractivity contribution in [3.05, 3.63) is 107 Å². The second-order valence-electron chi connectivity index (χ2n) is 8.17. The van der Waals surface area contributed by atoms with Crippen LogP contribution in [0.2, 0.25) is 0 Å². The van der Waals surface area contributed by atoms with E-state index < -0.39 is 17.5 Å². The van der Waals surface area contributed by atoms with Crippen molar-refractivity contribution < 1.29 is 19.7 Å². The molecule has 2 N–H and O–H groups in total. The third-order valence-electron chi connectivity index (χ3n) is 6.30. The van der Waals surface area contributed by atoms with E-state index in [2.05, 4.69) is 4.98 Å². The van der Waals surface area contributed by atoms with Gasteiger partial charge in [0.2, 0.25) is 0 Å². The summed E-state index contributed by atoms with van der Waals surface area (Å²) in [7, 11) is 0. The quantitative estimate of drug-likeness (QED) is 0.463. The highest BCUT2D eigenvalue weighted by atomic mass is 16.5. The Labute approximate surface area is 185 Å². The molecule has 4 aromatic rings. The average Bonchev–Trinajstić information content (AvgIpc) is 3.27. The van der Waals surface area contributed by atoms with Crippen molar-refractivity contribution in [2.75, 3.05) is 0 Å². The summed E-state index contributed by atoms with van der Waals surface area (Å²) in [5, 5.41) is 22.4. The van der Waals surface area contributed by atoms with Gasteiger partial charge in [-0.15, -0.1) is 0 Å². The number of fused-ring (bicyclic) bond motifs is 2. The molecule has 0 bridgehead atoms. The molecule has 1 aromatic heterocycles. The summed E-state index contributed by atoms with van der Waals surface area (Å²) in [6.45, 7) is 0.295. The normalized spacial score (nSPS) is 17.0. The highest BCUT2D eigenvalue weighted by molar-refractivity contribution is 5.81. The Morgan fingerprint density at radius 3 is 2.53 bits per heavy atom. The largest absolute Gasteiger partial charge is 0.487 e. The van der Waals surface area contributed by atoms with E-state index in [0.29, 0.717) is 24.3 Å². The first-order valence-corrected chi connectivity index (χ1v) is 10.7. The van der Waals surface area contributed by atoms with Crippen LogP contribution < -0.4 is 4.74 Å². The van der Waals surface area contributed by atoms with Crippen LogP contribution in [0, 0.1) is 0 Å². The lowest BCUT2D eigenvalue weighted by Gasteiger charge is -2.31. The maximum absolute atomic E-state index is 12.2. The fraction of sp³-hybridized carbons (Fsp3) is 0.185. The van der Waals surface area contributed by atoms with Gasteiger partial charge in [0.25, 0.3) is 0 Å². The molecule has 1 aliphatic rings. The van der Waals surface area contributed by atoms with Gasteiger partial charge in [-0.3, -0.25) is 0 Å². The number of carboxylic acids is 1. The Morgan fingerprint density at radius 2 is 1.72 bits per heavy atom. The molecule has 1 aliphatic carbocycles. The number of carboxylic acid groups (broad SMARTS) is 1. The molecule has 0 saturated heterocycles. The van der Waals surface area contributed by atoms with Crippen LogP contribution in [-0.2, 0) is 23.4 Å². The Hall–Kier alpha value is -3.70. The number of nitrogens with zero attached hydrogens (tertiary/aromatic N) is 1. The molecule has 2 atom stereocenters. The number of aromatic nitrogens is 1. The molecule has 0 spiro atoms. The van der Waals surface area contributed by atoms with Gasteiger partial charge in [-0.05, 0) is 53.8 Å². The van der Waals surface area contributed by atoms with Crippen molar-refractivity contribution in [2.24, 2.45) is 0 Å². The molecule has 0 amide bonds. The van der Waals surface area contributed by atoms with Crippen LogP contribution in [0.4, 0.5) is 0 Å². The second-order valence-corrected chi connectivity index (χ2v) is 8.17. The Morgan fingerprint density at radius 1 is 0.969 bits per heavy atom. The predicted molar refractivity (Wildman–Crippen MR) is 122 cm³/mol. The van der Waals surface area contributed by atoms with E-state index in [1.807, 2.05) is 60.7 Å². The van der Waals surface area contributed by atoms with Gasteiger partial charge in [0.15, 0.2) is 5.60 Å². The van der Waals surface area contributed by atoms with Gasteiger partial charge in [-0.1, -0.05) is 60.7 Å². The van der Waals surface area contributed by atoms with Crippen LogP contribution in [-0.4, -0.2) is 21.2 Å². The van der Waals surface area contributed by atoms with Gasteiger partial charge < -0.3 is 14.9 Å². The summed E-state index contributed by atoms with van der Waals surface area (Å²) in [6, 6.07) is 26.2. The van der Waals surface area contributed by atoms with Crippen LogP contribution >= 0.6 is 0 Å². The monoisotopic (exact) mass is 425 g/mol. The number of pyridine rings is 1.